The molecule has 0 aromatic rings. The number of ether oxygens (including phenoxy) is 3. The lowest BCUT2D eigenvalue weighted by Gasteiger charge is -2.70. The number of alkyl carbamates (subject to hydrolysis) is 1. The van der Waals surface area contributed by atoms with Gasteiger partial charge in [-0.2, -0.15) is 0 Å². The van der Waals surface area contributed by atoms with E-state index >= 15 is 0 Å². The fourth-order valence-corrected chi connectivity index (χ4v) is 4.04. The monoisotopic (exact) mass is 394 g/mol. The molecule has 2 amide bonds. The second kappa shape index (κ2) is 6.51. The van der Waals surface area contributed by atoms with Crippen molar-refractivity contribution >= 4 is 12.0 Å². The first-order chi connectivity index (χ1) is 12.3. The maximum absolute atomic E-state index is 12.0. The Morgan fingerprint density at radius 2 is 1.56 bits per heavy atom. The van der Waals surface area contributed by atoms with E-state index in [2.05, 4.69) is 15.4 Å². The van der Waals surface area contributed by atoms with Crippen LogP contribution in [0.2, 0.25) is 0 Å². The van der Waals surface area contributed by atoms with Gasteiger partial charge in [-0.25, -0.2) is 4.79 Å². The molecule has 154 valence electrons. The lowest BCUT2D eigenvalue weighted by molar-refractivity contribution is -0.357. The molecule has 10 heteroatoms. The van der Waals surface area contributed by atoms with Crippen molar-refractivity contribution in [1.82, 2.24) is 10.6 Å². The van der Waals surface area contributed by atoms with E-state index < -0.39 is 30.3 Å². The molecular weight excluding hydrogens is 369 g/mol. The smallest absolute Gasteiger partial charge is 0.444 e. The van der Waals surface area contributed by atoms with Gasteiger partial charge in [0.2, 0.25) is 5.91 Å². The van der Waals surface area contributed by atoms with Gasteiger partial charge in [-0.15, -0.1) is 13.2 Å². The van der Waals surface area contributed by atoms with Gasteiger partial charge >= 0.3 is 12.5 Å². The average Bonchev–Trinajstić information content (AvgIpc) is 2.33. The third kappa shape index (κ3) is 5.04. The minimum absolute atomic E-state index is 0.126. The van der Waals surface area contributed by atoms with Crippen molar-refractivity contribution in [3.63, 3.8) is 0 Å². The Bertz CT molecular complexity index is 591. The topological polar surface area (TPSA) is 85.9 Å². The Morgan fingerprint density at radius 1 is 1.00 bits per heavy atom. The number of rotatable bonds is 6. The van der Waals surface area contributed by atoms with Crippen LogP contribution in [0.15, 0.2) is 0 Å². The molecule has 4 rings (SSSR count). The highest BCUT2D eigenvalue weighted by Gasteiger charge is 2.69. The summed E-state index contributed by atoms with van der Waals surface area (Å²) in [7, 11) is 0. The fourth-order valence-electron chi connectivity index (χ4n) is 4.04. The fraction of sp³-hybridized carbons (Fsp3) is 0.882. The molecule has 0 aromatic carbocycles. The van der Waals surface area contributed by atoms with Crippen molar-refractivity contribution in [3.05, 3.63) is 0 Å². The third-order valence-electron chi connectivity index (χ3n) is 5.00. The quantitative estimate of drug-likeness (QED) is 0.723. The minimum atomic E-state index is -4.64. The van der Waals surface area contributed by atoms with Crippen LogP contribution < -0.4 is 10.6 Å². The number of hydrogen-bond donors (Lipinski definition) is 2. The lowest BCUT2D eigenvalue weighted by Crippen LogP contribution is -2.84. The van der Waals surface area contributed by atoms with E-state index in [0.717, 1.165) is 0 Å². The molecule has 0 atom stereocenters. The van der Waals surface area contributed by atoms with Crippen LogP contribution in [-0.2, 0) is 19.0 Å². The van der Waals surface area contributed by atoms with Gasteiger partial charge < -0.3 is 20.1 Å². The summed E-state index contributed by atoms with van der Waals surface area (Å²) in [5.41, 5.74) is -1.20. The van der Waals surface area contributed by atoms with Crippen LogP contribution >= 0.6 is 0 Å². The van der Waals surface area contributed by atoms with Crippen LogP contribution in [0.4, 0.5) is 18.0 Å². The van der Waals surface area contributed by atoms with Crippen LogP contribution in [-0.4, -0.2) is 53.9 Å². The lowest BCUT2D eigenvalue weighted by atomic mass is 9.44. The summed E-state index contributed by atoms with van der Waals surface area (Å²) in [5.74, 6) is -0.305. The first kappa shape index (κ1) is 20.2. The molecule has 2 bridgehead atoms. The molecule has 2 N–H and O–H groups in total. The van der Waals surface area contributed by atoms with Crippen LogP contribution in [0.1, 0.15) is 52.9 Å². The van der Waals surface area contributed by atoms with E-state index in [1.807, 2.05) is 0 Å². The average molecular weight is 394 g/mol. The van der Waals surface area contributed by atoms with Crippen LogP contribution in [0.5, 0.6) is 0 Å². The zero-order chi connectivity index (χ0) is 20.1. The van der Waals surface area contributed by atoms with Crippen molar-refractivity contribution < 1.29 is 37.0 Å². The van der Waals surface area contributed by atoms with E-state index in [1.165, 1.54) is 0 Å². The zero-order valence-corrected chi connectivity index (χ0v) is 15.6. The molecule has 27 heavy (non-hydrogen) atoms. The minimum Gasteiger partial charge on any atom is -0.444 e. The Morgan fingerprint density at radius 3 is 2.07 bits per heavy atom. The summed E-state index contributed by atoms with van der Waals surface area (Å²) in [6, 6.07) is 0. The molecule has 0 aromatic heterocycles. The van der Waals surface area contributed by atoms with Gasteiger partial charge in [0.05, 0.1) is 17.7 Å². The van der Waals surface area contributed by atoms with Crippen molar-refractivity contribution in [3.8, 4) is 0 Å². The molecule has 4 aliphatic rings. The van der Waals surface area contributed by atoms with Gasteiger partial charge in [0, 0.05) is 18.4 Å². The van der Waals surface area contributed by atoms with E-state index in [0.29, 0.717) is 19.3 Å². The van der Waals surface area contributed by atoms with Crippen molar-refractivity contribution in [1.29, 1.82) is 0 Å². The molecule has 0 heterocycles. The van der Waals surface area contributed by atoms with E-state index in [1.54, 1.807) is 20.8 Å². The first-order valence-corrected chi connectivity index (χ1v) is 8.96. The van der Waals surface area contributed by atoms with E-state index in [-0.39, 0.29) is 36.4 Å². The van der Waals surface area contributed by atoms with Crippen LogP contribution in [0, 0.1) is 0 Å². The summed E-state index contributed by atoms with van der Waals surface area (Å²) >= 11 is 0. The number of nitrogens with one attached hydrogen (secondary N) is 2. The normalized spacial score (nSPS) is 34.6. The summed E-state index contributed by atoms with van der Waals surface area (Å²) < 4.78 is 50.5. The highest BCUT2D eigenvalue weighted by Crippen LogP contribution is 2.60. The van der Waals surface area contributed by atoms with Crippen molar-refractivity contribution in [2.24, 2.45) is 0 Å². The predicted molar refractivity (Wildman–Crippen MR) is 86.7 cm³/mol. The van der Waals surface area contributed by atoms with Gasteiger partial charge in [0.15, 0.2) is 0 Å². The van der Waals surface area contributed by atoms with Gasteiger partial charge in [-0.1, -0.05) is 0 Å². The predicted octanol–water partition coefficient (Wildman–Crippen LogP) is 2.39. The second-order valence-electron chi connectivity index (χ2n) is 8.86. The van der Waals surface area contributed by atoms with E-state index in [9.17, 15) is 22.8 Å². The number of amides is 2. The van der Waals surface area contributed by atoms with Gasteiger partial charge in [-0.05, 0) is 40.0 Å². The summed E-state index contributed by atoms with van der Waals surface area (Å²) in [5, 5.41) is 5.75. The number of alkyl halides is 3. The molecule has 0 radical (unpaired) electrons. The van der Waals surface area contributed by atoms with Gasteiger partial charge in [-0.3, -0.25) is 9.53 Å². The highest BCUT2D eigenvalue weighted by molar-refractivity contribution is 5.79. The largest absolute Gasteiger partial charge is 0.522 e. The third-order valence-corrected chi connectivity index (χ3v) is 5.00. The number of halogens is 3. The maximum Gasteiger partial charge on any atom is 0.522 e. The summed E-state index contributed by atoms with van der Waals surface area (Å²) in [6.07, 6.45) is -4.24. The Balaban J connectivity index is 1.29. The molecule has 7 nitrogen and oxygen atoms in total. The van der Waals surface area contributed by atoms with Crippen molar-refractivity contribution in [2.45, 2.75) is 88.1 Å². The van der Waals surface area contributed by atoms with Crippen LogP contribution in [0.3, 0.4) is 0 Å². The Kier molecular flexibility index (Phi) is 4.87. The molecule has 4 fully saturated rings. The van der Waals surface area contributed by atoms with E-state index in [4.69, 9.17) is 9.47 Å². The SMILES string of the molecule is CC(C)(C)OC(=O)NC12CC(NC(=O)CO[C@H]3C[C@H](OC(F)(F)F)C3)(C1)C2. The first-order valence-electron chi connectivity index (χ1n) is 8.96. The van der Waals surface area contributed by atoms with Crippen molar-refractivity contribution in [2.75, 3.05) is 6.61 Å². The molecule has 0 aliphatic heterocycles. The number of carbonyl (C=O) groups is 2. The van der Waals surface area contributed by atoms with Crippen LogP contribution in [0.25, 0.3) is 0 Å². The molecule has 4 aliphatic carbocycles. The van der Waals surface area contributed by atoms with Gasteiger partial charge in [0.25, 0.3) is 0 Å². The summed E-state index contributed by atoms with van der Waals surface area (Å²) in [6.45, 7) is 5.17. The second-order valence-corrected chi connectivity index (χ2v) is 8.86. The highest BCUT2D eigenvalue weighted by atomic mass is 19.4. The van der Waals surface area contributed by atoms with Gasteiger partial charge in [0.1, 0.15) is 12.2 Å². The molecular formula is C17H25F3N2O5. The molecule has 4 saturated carbocycles. The molecule has 0 saturated heterocycles. The Hall–Kier alpha value is -1.55. The number of hydrogen-bond acceptors (Lipinski definition) is 5. The maximum atomic E-state index is 12.0. The standard InChI is InChI=1S/C17H25F3N2O5/c1-14(2,3)27-13(24)22-16-7-15(8-16,9-16)21-12(23)6-25-10-4-11(5-10)26-17(18,19)20/h10-11H,4-9H2,1-3H3,(H,21,23)(H,22,24)/t10-,11-,15?,16?. The zero-order valence-electron chi connectivity index (χ0n) is 15.6. The Labute approximate surface area is 155 Å². The number of carbonyl (C=O) groups excluding carboxylic acids is 2. The molecule has 0 unspecified atom stereocenters. The molecule has 0 spiro atoms. The summed E-state index contributed by atoms with van der Waals surface area (Å²) in [4.78, 5) is 23.8.